The standard InChI is InChI=1S/C14H11ClF2O2/c1-8(18)11-6-9(16)2-5-14(11)19-10-3-4-13(17)12(15)7-10/h2-8,18H,1H3/t8-/m1/s1. The highest BCUT2D eigenvalue weighted by Gasteiger charge is 2.12. The van der Waals surface area contributed by atoms with Crippen LogP contribution in [0.2, 0.25) is 5.02 Å². The van der Waals surface area contributed by atoms with Crippen molar-refractivity contribution in [3.63, 3.8) is 0 Å². The minimum Gasteiger partial charge on any atom is -0.457 e. The summed E-state index contributed by atoms with van der Waals surface area (Å²) in [5, 5.41) is 9.50. The van der Waals surface area contributed by atoms with Crippen molar-refractivity contribution in [2.75, 3.05) is 0 Å². The van der Waals surface area contributed by atoms with Crippen molar-refractivity contribution in [3.8, 4) is 11.5 Å². The second kappa shape index (κ2) is 5.55. The molecule has 0 unspecified atom stereocenters. The van der Waals surface area contributed by atoms with Gasteiger partial charge in [-0.1, -0.05) is 11.6 Å². The molecule has 1 atom stereocenters. The molecule has 100 valence electrons. The first-order valence-electron chi connectivity index (χ1n) is 5.58. The molecule has 2 rings (SSSR count). The van der Waals surface area contributed by atoms with Gasteiger partial charge < -0.3 is 9.84 Å². The Balaban J connectivity index is 2.35. The maximum absolute atomic E-state index is 13.1. The molecule has 0 heterocycles. The zero-order chi connectivity index (χ0) is 14.0. The highest BCUT2D eigenvalue weighted by Crippen LogP contribution is 2.31. The summed E-state index contributed by atoms with van der Waals surface area (Å²) < 4.78 is 31.6. The fourth-order valence-corrected chi connectivity index (χ4v) is 1.78. The Morgan fingerprint density at radius 3 is 2.53 bits per heavy atom. The van der Waals surface area contributed by atoms with Gasteiger partial charge in [0.05, 0.1) is 11.1 Å². The topological polar surface area (TPSA) is 29.5 Å². The quantitative estimate of drug-likeness (QED) is 0.901. The predicted molar refractivity (Wildman–Crippen MR) is 68.5 cm³/mol. The maximum atomic E-state index is 13.1. The number of hydrogen-bond donors (Lipinski definition) is 1. The number of aliphatic hydroxyl groups excluding tert-OH is 1. The van der Waals surface area contributed by atoms with E-state index in [4.69, 9.17) is 16.3 Å². The number of aliphatic hydroxyl groups is 1. The Bertz CT molecular complexity index is 600. The third-order valence-corrected chi connectivity index (χ3v) is 2.83. The zero-order valence-corrected chi connectivity index (χ0v) is 10.8. The second-order valence-electron chi connectivity index (χ2n) is 4.04. The summed E-state index contributed by atoms with van der Waals surface area (Å²) in [6.07, 6.45) is -0.887. The fraction of sp³-hybridized carbons (Fsp3) is 0.143. The fourth-order valence-electron chi connectivity index (χ4n) is 1.61. The molecule has 0 aliphatic rings. The van der Waals surface area contributed by atoms with Gasteiger partial charge in [-0.25, -0.2) is 8.78 Å². The summed E-state index contributed by atoms with van der Waals surface area (Å²) in [6, 6.07) is 7.68. The Labute approximate surface area is 114 Å². The van der Waals surface area contributed by atoms with Gasteiger partial charge in [-0.15, -0.1) is 0 Å². The third kappa shape index (κ3) is 3.22. The molecule has 0 aromatic heterocycles. The SMILES string of the molecule is C[C@@H](O)c1cc(F)ccc1Oc1ccc(F)c(Cl)c1. The molecule has 1 N–H and O–H groups in total. The van der Waals surface area contributed by atoms with E-state index in [0.29, 0.717) is 17.1 Å². The van der Waals surface area contributed by atoms with Crippen molar-refractivity contribution in [1.82, 2.24) is 0 Å². The predicted octanol–water partition coefficient (Wildman–Crippen LogP) is 4.46. The monoisotopic (exact) mass is 284 g/mol. The van der Waals surface area contributed by atoms with E-state index in [1.807, 2.05) is 0 Å². The van der Waals surface area contributed by atoms with Crippen LogP contribution in [0.5, 0.6) is 11.5 Å². The lowest BCUT2D eigenvalue weighted by atomic mass is 10.1. The lowest BCUT2D eigenvalue weighted by molar-refractivity contribution is 0.195. The lowest BCUT2D eigenvalue weighted by Gasteiger charge is -2.13. The van der Waals surface area contributed by atoms with Crippen LogP contribution in [0, 0.1) is 11.6 Å². The van der Waals surface area contributed by atoms with Crippen LogP contribution in [0.25, 0.3) is 0 Å². The summed E-state index contributed by atoms with van der Waals surface area (Å²) >= 11 is 5.64. The molecule has 19 heavy (non-hydrogen) atoms. The van der Waals surface area contributed by atoms with Crippen molar-refractivity contribution in [1.29, 1.82) is 0 Å². The van der Waals surface area contributed by atoms with E-state index < -0.39 is 17.7 Å². The van der Waals surface area contributed by atoms with Crippen LogP contribution in [0.15, 0.2) is 36.4 Å². The van der Waals surface area contributed by atoms with Gasteiger partial charge in [0.25, 0.3) is 0 Å². The van der Waals surface area contributed by atoms with Crippen molar-refractivity contribution >= 4 is 11.6 Å². The van der Waals surface area contributed by atoms with E-state index in [1.54, 1.807) is 0 Å². The van der Waals surface area contributed by atoms with E-state index >= 15 is 0 Å². The normalized spacial score (nSPS) is 12.3. The molecule has 0 aliphatic heterocycles. The van der Waals surface area contributed by atoms with Gasteiger partial charge in [0.1, 0.15) is 23.1 Å². The van der Waals surface area contributed by atoms with E-state index in [2.05, 4.69) is 0 Å². The van der Waals surface area contributed by atoms with Gasteiger partial charge >= 0.3 is 0 Å². The van der Waals surface area contributed by atoms with Crippen LogP contribution >= 0.6 is 11.6 Å². The molecule has 5 heteroatoms. The minimum atomic E-state index is -0.887. The Hall–Kier alpha value is -1.65. The number of hydrogen-bond acceptors (Lipinski definition) is 2. The van der Waals surface area contributed by atoms with Crippen molar-refractivity contribution in [2.45, 2.75) is 13.0 Å². The molecule has 0 radical (unpaired) electrons. The largest absolute Gasteiger partial charge is 0.457 e. The first kappa shape index (κ1) is 13.8. The molecule has 0 bridgehead atoms. The molecule has 0 fully saturated rings. The third-order valence-electron chi connectivity index (χ3n) is 2.54. The van der Waals surface area contributed by atoms with Crippen molar-refractivity contribution in [3.05, 3.63) is 58.6 Å². The Kier molecular flexibility index (Phi) is 4.02. The zero-order valence-electron chi connectivity index (χ0n) is 10.0. The molecule has 2 aromatic rings. The average molecular weight is 285 g/mol. The first-order chi connectivity index (χ1) is 8.97. The average Bonchev–Trinajstić information content (AvgIpc) is 2.36. The molecular formula is C14H11ClF2O2. The van der Waals surface area contributed by atoms with Crippen LogP contribution in [-0.2, 0) is 0 Å². The molecule has 2 nitrogen and oxygen atoms in total. The van der Waals surface area contributed by atoms with Crippen LogP contribution in [0.1, 0.15) is 18.6 Å². The number of halogens is 3. The maximum Gasteiger partial charge on any atom is 0.142 e. The van der Waals surface area contributed by atoms with E-state index in [9.17, 15) is 13.9 Å². The van der Waals surface area contributed by atoms with E-state index in [-0.39, 0.29) is 5.02 Å². The highest BCUT2D eigenvalue weighted by atomic mass is 35.5. The van der Waals surface area contributed by atoms with E-state index in [1.165, 1.54) is 43.3 Å². The number of benzene rings is 2. The summed E-state index contributed by atoms with van der Waals surface area (Å²) in [5.41, 5.74) is 0.306. The Morgan fingerprint density at radius 2 is 1.89 bits per heavy atom. The summed E-state index contributed by atoms with van der Waals surface area (Å²) in [4.78, 5) is 0. The van der Waals surface area contributed by atoms with E-state index in [0.717, 1.165) is 0 Å². The van der Waals surface area contributed by atoms with Gasteiger partial charge in [0.15, 0.2) is 0 Å². The highest BCUT2D eigenvalue weighted by molar-refractivity contribution is 6.30. The van der Waals surface area contributed by atoms with Gasteiger partial charge in [-0.3, -0.25) is 0 Å². The van der Waals surface area contributed by atoms with Gasteiger partial charge in [-0.05, 0) is 37.3 Å². The smallest absolute Gasteiger partial charge is 0.142 e. The summed E-state index contributed by atoms with van der Waals surface area (Å²) in [6.45, 7) is 1.50. The van der Waals surface area contributed by atoms with Crippen LogP contribution < -0.4 is 4.74 Å². The Morgan fingerprint density at radius 1 is 1.16 bits per heavy atom. The molecule has 0 saturated carbocycles. The van der Waals surface area contributed by atoms with Crippen molar-refractivity contribution in [2.24, 2.45) is 0 Å². The first-order valence-corrected chi connectivity index (χ1v) is 5.95. The molecule has 2 aromatic carbocycles. The number of rotatable bonds is 3. The van der Waals surface area contributed by atoms with Gasteiger partial charge in [0.2, 0.25) is 0 Å². The van der Waals surface area contributed by atoms with Gasteiger partial charge in [0, 0.05) is 11.6 Å². The van der Waals surface area contributed by atoms with Crippen molar-refractivity contribution < 1.29 is 18.6 Å². The molecule has 0 amide bonds. The van der Waals surface area contributed by atoms with Crippen LogP contribution in [0.4, 0.5) is 8.78 Å². The molecule has 0 spiro atoms. The molecule has 0 aliphatic carbocycles. The lowest BCUT2D eigenvalue weighted by Crippen LogP contribution is -1.97. The van der Waals surface area contributed by atoms with Crippen LogP contribution in [0.3, 0.4) is 0 Å². The minimum absolute atomic E-state index is 0.0711. The van der Waals surface area contributed by atoms with Crippen LogP contribution in [-0.4, -0.2) is 5.11 Å². The summed E-state index contributed by atoms with van der Waals surface area (Å²) in [5.74, 6) is -0.428. The molecule has 0 saturated heterocycles. The summed E-state index contributed by atoms with van der Waals surface area (Å²) in [7, 11) is 0. The van der Waals surface area contributed by atoms with Gasteiger partial charge in [-0.2, -0.15) is 0 Å². The molecular weight excluding hydrogens is 274 g/mol. The second-order valence-corrected chi connectivity index (χ2v) is 4.44. The number of ether oxygens (including phenoxy) is 1.